The summed E-state index contributed by atoms with van der Waals surface area (Å²) >= 11 is 5.48. The standard InChI is InChI=1S/C7H6ClN3O4/c8-5-2-9-1-4(10-5)7(14)11-15-3-6(12)13/h1-2H,3H2,(H,11,14)(H,12,13). The van der Waals surface area contributed by atoms with Crippen molar-refractivity contribution in [3.05, 3.63) is 23.2 Å². The van der Waals surface area contributed by atoms with Crippen LogP contribution in [-0.4, -0.2) is 33.6 Å². The van der Waals surface area contributed by atoms with Crippen LogP contribution in [0, 0.1) is 0 Å². The molecule has 0 unspecified atom stereocenters. The van der Waals surface area contributed by atoms with E-state index in [-0.39, 0.29) is 10.8 Å². The monoisotopic (exact) mass is 231 g/mol. The molecule has 0 aromatic carbocycles. The lowest BCUT2D eigenvalue weighted by Crippen LogP contribution is -2.27. The first kappa shape index (κ1) is 11.3. The van der Waals surface area contributed by atoms with E-state index < -0.39 is 18.5 Å². The fourth-order valence-corrected chi connectivity index (χ4v) is 0.815. The summed E-state index contributed by atoms with van der Waals surface area (Å²) in [6.07, 6.45) is 2.43. The molecule has 0 aliphatic rings. The van der Waals surface area contributed by atoms with Crippen molar-refractivity contribution in [3.8, 4) is 0 Å². The van der Waals surface area contributed by atoms with Crippen molar-refractivity contribution in [3.63, 3.8) is 0 Å². The smallest absolute Gasteiger partial charge is 0.332 e. The van der Waals surface area contributed by atoms with Gasteiger partial charge in [0, 0.05) is 0 Å². The molecule has 1 rings (SSSR count). The molecule has 7 nitrogen and oxygen atoms in total. The third-order valence-electron chi connectivity index (χ3n) is 1.20. The molecule has 0 fully saturated rings. The van der Waals surface area contributed by atoms with Crippen LogP contribution in [0.3, 0.4) is 0 Å². The van der Waals surface area contributed by atoms with Crippen molar-refractivity contribution in [2.75, 3.05) is 6.61 Å². The van der Waals surface area contributed by atoms with Gasteiger partial charge in [-0.05, 0) is 0 Å². The van der Waals surface area contributed by atoms with Gasteiger partial charge in [0.15, 0.2) is 6.61 Å². The third-order valence-corrected chi connectivity index (χ3v) is 1.38. The predicted molar refractivity (Wildman–Crippen MR) is 48.1 cm³/mol. The van der Waals surface area contributed by atoms with Crippen molar-refractivity contribution >= 4 is 23.5 Å². The highest BCUT2D eigenvalue weighted by Gasteiger charge is 2.08. The van der Waals surface area contributed by atoms with Gasteiger partial charge in [0.25, 0.3) is 5.91 Å². The highest BCUT2D eigenvalue weighted by molar-refractivity contribution is 6.29. The quantitative estimate of drug-likeness (QED) is 0.701. The van der Waals surface area contributed by atoms with E-state index in [4.69, 9.17) is 16.7 Å². The van der Waals surface area contributed by atoms with Crippen LogP contribution >= 0.6 is 11.6 Å². The number of carboxylic acid groups (broad SMARTS) is 1. The van der Waals surface area contributed by atoms with E-state index in [9.17, 15) is 9.59 Å². The second kappa shape index (κ2) is 5.23. The van der Waals surface area contributed by atoms with E-state index in [2.05, 4.69) is 14.8 Å². The van der Waals surface area contributed by atoms with E-state index >= 15 is 0 Å². The summed E-state index contributed by atoms with van der Waals surface area (Å²) in [5, 5.41) is 8.27. The number of halogens is 1. The molecular formula is C7H6ClN3O4. The van der Waals surface area contributed by atoms with Gasteiger partial charge in [-0.15, -0.1) is 0 Å². The van der Waals surface area contributed by atoms with Crippen LogP contribution in [0.15, 0.2) is 12.4 Å². The fraction of sp³-hybridized carbons (Fsp3) is 0.143. The molecule has 80 valence electrons. The molecule has 1 aromatic rings. The zero-order valence-corrected chi connectivity index (χ0v) is 8.06. The van der Waals surface area contributed by atoms with Gasteiger partial charge in [-0.25, -0.2) is 15.3 Å². The van der Waals surface area contributed by atoms with Crippen LogP contribution in [0.1, 0.15) is 10.5 Å². The number of amides is 1. The zero-order valence-electron chi connectivity index (χ0n) is 7.31. The van der Waals surface area contributed by atoms with Gasteiger partial charge in [-0.1, -0.05) is 11.6 Å². The van der Waals surface area contributed by atoms with Gasteiger partial charge < -0.3 is 5.11 Å². The highest BCUT2D eigenvalue weighted by atomic mass is 35.5. The summed E-state index contributed by atoms with van der Waals surface area (Å²) in [5.41, 5.74) is 1.81. The average Bonchev–Trinajstić information content (AvgIpc) is 2.17. The largest absolute Gasteiger partial charge is 0.479 e. The number of hydroxylamine groups is 1. The highest BCUT2D eigenvalue weighted by Crippen LogP contribution is 2.01. The number of carboxylic acids is 1. The number of nitrogens with zero attached hydrogens (tertiary/aromatic N) is 2. The van der Waals surface area contributed by atoms with Gasteiger partial charge in [0.1, 0.15) is 10.8 Å². The maximum Gasteiger partial charge on any atom is 0.332 e. The minimum Gasteiger partial charge on any atom is -0.479 e. The number of aliphatic carboxylic acids is 1. The first-order valence-corrected chi connectivity index (χ1v) is 4.09. The molecule has 1 heterocycles. The molecule has 15 heavy (non-hydrogen) atoms. The first-order valence-electron chi connectivity index (χ1n) is 3.71. The number of carbonyl (C=O) groups excluding carboxylic acids is 1. The summed E-state index contributed by atoms with van der Waals surface area (Å²) < 4.78 is 0. The Kier molecular flexibility index (Phi) is 3.95. The van der Waals surface area contributed by atoms with E-state index in [0.717, 1.165) is 0 Å². The SMILES string of the molecule is O=C(O)CONC(=O)c1cncc(Cl)n1. The number of hydrogen-bond donors (Lipinski definition) is 2. The molecule has 8 heteroatoms. The van der Waals surface area contributed by atoms with Gasteiger partial charge in [-0.3, -0.25) is 14.6 Å². The first-order chi connectivity index (χ1) is 7.09. The molecule has 0 spiro atoms. The molecule has 0 radical (unpaired) electrons. The van der Waals surface area contributed by atoms with Crippen molar-refractivity contribution in [1.29, 1.82) is 0 Å². The Bertz CT molecular complexity index is 384. The molecule has 1 aromatic heterocycles. The van der Waals surface area contributed by atoms with Crippen LogP contribution in [0.5, 0.6) is 0 Å². The molecule has 0 atom stereocenters. The molecule has 0 saturated heterocycles. The number of carbonyl (C=O) groups is 2. The average molecular weight is 232 g/mol. The number of aromatic nitrogens is 2. The Balaban J connectivity index is 2.50. The van der Waals surface area contributed by atoms with Crippen molar-refractivity contribution in [1.82, 2.24) is 15.4 Å². The third kappa shape index (κ3) is 3.88. The van der Waals surface area contributed by atoms with Crippen LogP contribution in [0.25, 0.3) is 0 Å². The summed E-state index contributed by atoms with van der Waals surface area (Å²) in [5.74, 6) is -1.92. The van der Waals surface area contributed by atoms with Crippen LogP contribution < -0.4 is 5.48 Å². The minimum absolute atomic E-state index is 0.0564. The molecule has 0 bridgehead atoms. The Morgan fingerprint density at radius 2 is 2.27 bits per heavy atom. The molecule has 2 N–H and O–H groups in total. The topological polar surface area (TPSA) is 101 Å². The summed E-state index contributed by atoms with van der Waals surface area (Å²) in [7, 11) is 0. The van der Waals surface area contributed by atoms with Crippen LogP contribution in [-0.2, 0) is 9.63 Å². The van der Waals surface area contributed by atoms with Gasteiger partial charge >= 0.3 is 5.97 Å². The maximum absolute atomic E-state index is 11.2. The van der Waals surface area contributed by atoms with Crippen molar-refractivity contribution in [2.24, 2.45) is 0 Å². The molecular weight excluding hydrogens is 226 g/mol. The van der Waals surface area contributed by atoms with Crippen LogP contribution in [0.2, 0.25) is 5.15 Å². The van der Waals surface area contributed by atoms with Crippen molar-refractivity contribution in [2.45, 2.75) is 0 Å². The molecule has 0 aliphatic heterocycles. The van der Waals surface area contributed by atoms with Gasteiger partial charge in [0.05, 0.1) is 12.4 Å². The number of nitrogens with one attached hydrogen (secondary N) is 1. The summed E-state index contributed by atoms with van der Waals surface area (Å²) in [6, 6.07) is 0. The fourth-order valence-electron chi connectivity index (χ4n) is 0.667. The molecule has 0 aliphatic carbocycles. The minimum atomic E-state index is -1.20. The molecule has 0 saturated carbocycles. The number of rotatable bonds is 4. The lowest BCUT2D eigenvalue weighted by atomic mass is 10.4. The second-order valence-corrected chi connectivity index (χ2v) is 2.73. The zero-order chi connectivity index (χ0) is 11.3. The van der Waals surface area contributed by atoms with Crippen molar-refractivity contribution < 1.29 is 19.5 Å². The lowest BCUT2D eigenvalue weighted by molar-refractivity contribution is -0.144. The van der Waals surface area contributed by atoms with Crippen LogP contribution in [0.4, 0.5) is 0 Å². The lowest BCUT2D eigenvalue weighted by Gasteiger charge is -2.02. The second-order valence-electron chi connectivity index (χ2n) is 2.34. The Morgan fingerprint density at radius 1 is 1.53 bits per heavy atom. The van der Waals surface area contributed by atoms with E-state index in [1.54, 1.807) is 0 Å². The molecule has 1 amide bonds. The maximum atomic E-state index is 11.2. The summed E-state index contributed by atoms with van der Waals surface area (Å²) in [4.78, 5) is 32.8. The van der Waals surface area contributed by atoms with E-state index in [1.807, 2.05) is 5.48 Å². The Labute approximate surface area is 89.0 Å². The van der Waals surface area contributed by atoms with Gasteiger partial charge in [0.2, 0.25) is 0 Å². The van der Waals surface area contributed by atoms with E-state index in [0.29, 0.717) is 0 Å². The Hall–Kier alpha value is -1.73. The van der Waals surface area contributed by atoms with Gasteiger partial charge in [-0.2, -0.15) is 0 Å². The predicted octanol–water partition coefficient (Wildman–Crippen LogP) is -0.124. The normalized spacial score (nSPS) is 9.67. The summed E-state index contributed by atoms with van der Waals surface area (Å²) in [6.45, 7) is -0.639. The van der Waals surface area contributed by atoms with E-state index in [1.165, 1.54) is 12.4 Å². The number of hydrogen-bond acceptors (Lipinski definition) is 5. The Morgan fingerprint density at radius 3 is 2.87 bits per heavy atom.